The van der Waals surface area contributed by atoms with Crippen LogP contribution in [-0.4, -0.2) is 55.0 Å². The van der Waals surface area contributed by atoms with E-state index in [0.29, 0.717) is 48.2 Å². The first-order chi connectivity index (χ1) is 16.5. The van der Waals surface area contributed by atoms with Gasteiger partial charge in [0, 0.05) is 43.9 Å². The largest absolute Gasteiger partial charge is 0.494 e. The number of methoxy groups -OCH3 is 1. The summed E-state index contributed by atoms with van der Waals surface area (Å²) < 4.78 is 19.5. The van der Waals surface area contributed by atoms with Crippen LogP contribution in [0.15, 0.2) is 77.8 Å². The third kappa shape index (κ3) is 5.80. The molecular formula is C27H29FN4O2. The minimum atomic E-state index is -0.217. The van der Waals surface area contributed by atoms with Gasteiger partial charge in [-0.15, -0.1) is 0 Å². The number of aryl methyl sites for hydroxylation is 1. The Labute approximate surface area is 199 Å². The first kappa shape index (κ1) is 23.4. The van der Waals surface area contributed by atoms with Crippen LogP contribution < -0.4 is 10.1 Å². The quantitative estimate of drug-likeness (QED) is 0.454. The fourth-order valence-electron chi connectivity index (χ4n) is 3.96. The van der Waals surface area contributed by atoms with Crippen molar-refractivity contribution >= 4 is 17.6 Å². The van der Waals surface area contributed by atoms with Gasteiger partial charge in [0.05, 0.1) is 7.11 Å². The van der Waals surface area contributed by atoms with Crippen molar-refractivity contribution in [2.75, 3.05) is 33.3 Å². The van der Waals surface area contributed by atoms with E-state index >= 15 is 0 Å². The van der Waals surface area contributed by atoms with Gasteiger partial charge in [-0.2, -0.15) is 0 Å². The number of nitrogens with zero attached hydrogens (tertiary/aromatic N) is 3. The average molecular weight is 461 g/mol. The van der Waals surface area contributed by atoms with Crippen LogP contribution in [0, 0.1) is 12.7 Å². The number of ether oxygens (including phenoxy) is 1. The summed E-state index contributed by atoms with van der Waals surface area (Å²) in [5, 5.41) is 3.01. The second kappa shape index (κ2) is 10.9. The highest BCUT2D eigenvalue weighted by molar-refractivity contribution is 6.06. The van der Waals surface area contributed by atoms with Gasteiger partial charge in [-0.1, -0.05) is 48.0 Å². The molecule has 0 aromatic heterocycles. The Hall–Kier alpha value is -3.71. The number of piperazine rings is 1. The Morgan fingerprint density at radius 3 is 2.47 bits per heavy atom. The van der Waals surface area contributed by atoms with E-state index in [1.165, 1.54) is 6.07 Å². The van der Waals surface area contributed by atoms with E-state index in [0.717, 1.165) is 18.7 Å². The first-order valence-electron chi connectivity index (χ1n) is 11.3. The highest BCUT2D eigenvalue weighted by Gasteiger charge is 2.23. The maximum Gasteiger partial charge on any atom is 0.257 e. The summed E-state index contributed by atoms with van der Waals surface area (Å²) in [6.07, 6.45) is 0. The number of aliphatic imine (C=N–C) groups is 1. The van der Waals surface area contributed by atoms with Gasteiger partial charge in [0.1, 0.15) is 17.3 Å². The predicted octanol–water partition coefficient (Wildman–Crippen LogP) is 4.38. The van der Waals surface area contributed by atoms with Crippen molar-refractivity contribution in [2.45, 2.75) is 13.5 Å². The number of benzene rings is 3. The van der Waals surface area contributed by atoms with Gasteiger partial charge in [-0.05, 0) is 37.3 Å². The molecular weight excluding hydrogens is 431 g/mol. The zero-order valence-corrected chi connectivity index (χ0v) is 19.5. The standard InChI is InChI=1S/C27H29FN4O2/c1-20-8-7-10-21(18-20)26(33)30-27(29-24-12-5-6-13-25(24)34-2)32-16-14-31(15-17-32)19-22-9-3-4-11-23(22)28/h3-13,18H,14-17,19H2,1-2H3,(H,29,30,33). The molecule has 0 bridgehead atoms. The number of rotatable bonds is 5. The van der Waals surface area contributed by atoms with Crippen molar-refractivity contribution in [3.8, 4) is 5.75 Å². The third-order valence-electron chi connectivity index (χ3n) is 5.84. The van der Waals surface area contributed by atoms with Gasteiger partial charge in [-0.3, -0.25) is 15.0 Å². The lowest BCUT2D eigenvalue weighted by Crippen LogP contribution is -2.53. The summed E-state index contributed by atoms with van der Waals surface area (Å²) >= 11 is 0. The van der Waals surface area contributed by atoms with Crippen molar-refractivity contribution in [1.29, 1.82) is 0 Å². The molecule has 6 nitrogen and oxygen atoms in total. The van der Waals surface area contributed by atoms with E-state index < -0.39 is 0 Å². The number of carbonyl (C=O) groups is 1. The van der Waals surface area contributed by atoms with Crippen molar-refractivity contribution in [2.24, 2.45) is 4.99 Å². The maximum absolute atomic E-state index is 14.1. The molecule has 1 aliphatic heterocycles. The van der Waals surface area contributed by atoms with Crippen LogP contribution in [0.25, 0.3) is 0 Å². The second-order valence-electron chi connectivity index (χ2n) is 8.29. The van der Waals surface area contributed by atoms with E-state index in [9.17, 15) is 9.18 Å². The molecule has 34 heavy (non-hydrogen) atoms. The SMILES string of the molecule is COc1ccccc1N=C(NC(=O)c1cccc(C)c1)N1CCN(Cc2ccccc2F)CC1. The van der Waals surface area contributed by atoms with Gasteiger partial charge >= 0.3 is 0 Å². The van der Waals surface area contributed by atoms with Gasteiger partial charge < -0.3 is 9.64 Å². The highest BCUT2D eigenvalue weighted by Crippen LogP contribution is 2.27. The summed E-state index contributed by atoms with van der Waals surface area (Å²) in [4.78, 5) is 22.1. The van der Waals surface area contributed by atoms with Crippen LogP contribution in [0.5, 0.6) is 5.75 Å². The summed E-state index contributed by atoms with van der Waals surface area (Å²) in [6, 6.07) is 21.8. The molecule has 3 aromatic carbocycles. The number of halogens is 1. The molecule has 0 saturated carbocycles. The Kier molecular flexibility index (Phi) is 7.54. The molecule has 3 aromatic rings. The topological polar surface area (TPSA) is 57.2 Å². The maximum atomic E-state index is 14.1. The summed E-state index contributed by atoms with van der Waals surface area (Å²) in [7, 11) is 1.60. The van der Waals surface area contributed by atoms with E-state index in [1.807, 2.05) is 61.5 Å². The molecule has 1 aliphatic rings. The monoisotopic (exact) mass is 460 g/mol. The van der Waals surface area contributed by atoms with Gasteiger partial charge in [0.15, 0.2) is 0 Å². The van der Waals surface area contributed by atoms with E-state index in [4.69, 9.17) is 9.73 Å². The minimum Gasteiger partial charge on any atom is -0.494 e. The second-order valence-corrected chi connectivity index (χ2v) is 8.29. The Balaban J connectivity index is 1.53. The lowest BCUT2D eigenvalue weighted by atomic mass is 10.1. The van der Waals surface area contributed by atoms with Crippen LogP contribution in [0.4, 0.5) is 10.1 Å². The molecule has 0 unspecified atom stereocenters. The molecule has 1 N–H and O–H groups in total. The van der Waals surface area contributed by atoms with Crippen LogP contribution in [0.2, 0.25) is 0 Å². The van der Waals surface area contributed by atoms with E-state index in [1.54, 1.807) is 19.2 Å². The van der Waals surface area contributed by atoms with Crippen molar-refractivity contribution in [3.05, 3.63) is 95.3 Å². The number of para-hydroxylation sites is 2. The number of nitrogens with one attached hydrogen (secondary N) is 1. The normalized spacial score (nSPS) is 14.7. The number of hydrogen-bond donors (Lipinski definition) is 1. The molecule has 1 heterocycles. The van der Waals surface area contributed by atoms with Crippen LogP contribution in [-0.2, 0) is 6.54 Å². The van der Waals surface area contributed by atoms with Crippen LogP contribution in [0.1, 0.15) is 21.5 Å². The lowest BCUT2D eigenvalue weighted by molar-refractivity contribution is 0.0967. The van der Waals surface area contributed by atoms with Gasteiger partial charge in [-0.25, -0.2) is 9.38 Å². The van der Waals surface area contributed by atoms with Crippen molar-refractivity contribution in [1.82, 2.24) is 15.1 Å². The molecule has 1 amide bonds. The molecule has 0 radical (unpaired) electrons. The summed E-state index contributed by atoms with van der Waals surface area (Å²) in [5.74, 6) is 0.699. The van der Waals surface area contributed by atoms with E-state index in [-0.39, 0.29) is 11.7 Å². The highest BCUT2D eigenvalue weighted by atomic mass is 19.1. The molecule has 0 spiro atoms. The molecule has 0 atom stereocenters. The fraction of sp³-hybridized carbons (Fsp3) is 0.259. The zero-order chi connectivity index (χ0) is 23.9. The molecule has 4 rings (SSSR count). The zero-order valence-electron chi connectivity index (χ0n) is 19.5. The Morgan fingerprint density at radius 1 is 1.00 bits per heavy atom. The Bertz CT molecular complexity index is 1170. The molecule has 176 valence electrons. The lowest BCUT2D eigenvalue weighted by Gasteiger charge is -2.36. The molecule has 7 heteroatoms. The third-order valence-corrected chi connectivity index (χ3v) is 5.84. The van der Waals surface area contributed by atoms with Crippen molar-refractivity contribution in [3.63, 3.8) is 0 Å². The predicted molar refractivity (Wildman–Crippen MR) is 132 cm³/mol. The average Bonchev–Trinajstić information content (AvgIpc) is 2.86. The van der Waals surface area contributed by atoms with Crippen molar-refractivity contribution < 1.29 is 13.9 Å². The number of amides is 1. The fourth-order valence-corrected chi connectivity index (χ4v) is 3.96. The minimum absolute atomic E-state index is 0.186. The van der Waals surface area contributed by atoms with E-state index in [2.05, 4.69) is 15.1 Å². The van der Waals surface area contributed by atoms with Gasteiger partial charge in [0.2, 0.25) is 5.96 Å². The first-order valence-corrected chi connectivity index (χ1v) is 11.3. The number of hydrogen-bond acceptors (Lipinski definition) is 4. The molecule has 1 saturated heterocycles. The number of guanidine groups is 1. The smallest absolute Gasteiger partial charge is 0.257 e. The van der Waals surface area contributed by atoms with Gasteiger partial charge in [0.25, 0.3) is 5.91 Å². The molecule has 1 fully saturated rings. The summed E-state index contributed by atoms with van der Waals surface area (Å²) in [5.41, 5.74) is 2.91. The molecule has 0 aliphatic carbocycles. The van der Waals surface area contributed by atoms with Crippen LogP contribution in [0.3, 0.4) is 0 Å². The Morgan fingerprint density at radius 2 is 1.74 bits per heavy atom. The van der Waals surface area contributed by atoms with Crippen LogP contribution >= 0.6 is 0 Å². The summed E-state index contributed by atoms with van der Waals surface area (Å²) in [6.45, 7) is 5.25. The number of carbonyl (C=O) groups excluding carboxylic acids is 1.